The monoisotopic (exact) mass is 146 g/mol. The van der Waals surface area contributed by atoms with Gasteiger partial charge in [0.2, 0.25) is 5.91 Å². The highest BCUT2D eigenvalue weighted by Crippen LogP contribution is 1.62. The highest BCUT2D eigenvalue weighted by atomic mass is 16.4. The maximum Gasteiger partial charge on any atom is 0.216 e. The van der Waals surface area contributed by atoms with Crippen molar-refractivity contribution in [2.45, 2.75) is 20.8 Å². The van der Waals surface area contributed by atoms with Crippen LogP contribution in [0.15, 0.2) is 5.16 Å². The second-order valence-corrected chi connectivity index (χ2v) is 1.85. The average Bonchev–Trinajstić information content (AvgIpc) is 1.89. The van der Waals surface area contributed by atoms with Crippen LogP contribution >= 0.6 is 0 Å². The van der Waals surface area contributed by atoms with Gasteiger partial charge >= 0.3 is 0 Å². The lowest BCUT2D eigenvalue weighted by molar-refractivity contribution is -0.118. The normalized spacial score (nSPS) is 6.80. The summed E-state index contributed by atoms with van der Waals surface area (Å²) in [5.74, 6) is 0.00463. The van der Waals surface area contributed by atoms with Gasteiger partial charge in [-0.25, -0.2) is 0 Å². The lowest BCUT2D eigenvalue weighted by atomic mass is 10.5. The second-order valence-electron chi connectivity index (χ2n) is 1.85. The number of nitrogens with zero attached hydrogens (tertiary/aromatic N) is 1. The summed E-state index contributed by atoms with van der Waals surface area (Å²) in [4.78, 5) is 9.70. The van der Waals surface area contributed by atoms with Crippen molar-refractivity contribution in [2.24, 2.45) is 5.16 Å². The van der Waals surface area contributed by atoms with Crippen LogP contribution in [0.5, 0.6) is 0 Å². The maximum absolute atomic E-state index is 9.70. The van der Waals surface area contributed by atoms with E-state index in [-0.39, 0.29) is 5.91 Å². The average molecular weight is 146 g/mol. The quantitative estimate of drug-likeness (QED) is 0.299. The van der Waals surface area contributed by atoms with Crippen LogP contribution in [0.1, 0.15) is 20.8 Å². The molecule has 1 amide bonds. The van der Waals surface area contributed by atoms with E-state index in [0.29, 0.717) is 5.71 Å². The number of hydrogen-bond donors (Lipinski definition) is 2. The molecule has 0 aromatic rings. The Kier molecular flexibility index (Phi) is 9.29. The fraction of sp³-hybridized carbons (Fsp3) is 0.667. The molecular weight excluding hydrogens is 132 g/mol. The van der Waals surface area contributed by atoms with Crippen LogP contribution in [0.3, 0.4) is 0 Å². The molecule has 0 unspecified atom stereocenters. The molecule has 0 atom stereocenters. The number of amides is 1. The molecule has 2 N–H and O–H groups in total. The van der Waals surface area contributed by atoms with E-state index in [9.17, 15) is 4.79 Å². The Morgan fingerprint density at radius 3 is 1.60 bits per heavy atom. The Hall–Kier alpha value is -1.06. The van der Waals surface area contributed by atoms with Gasteiger partial charge < -0.3 is 10.5 Å². The molecule has 0 rings (SSSR count). The predicted octanol–water partition coefficient (Wildman–Crippen LogP) is 0.609. The molecule has 0 spiro atoms. The molecule has 0 aromatic heterocycles. The number of hydrogen-bond acceptors (Lipinski definition) is 3. The number of nitrogens with one attached hydrogen (secondary N) is 1. The van der Waals surface area contributed by atoms with E-state index in [0.717, 1.165) is 0 Å². The molecule has 60 valence electrons. The van der Waals surface area contributed by atoms with Crippen molar-refractivity contribution in [1.29, 1.82) is 0 Å². The van der Waals surface area contributed by atoms with Gasteiger partial charge in [-0.15, -0.1) is 0 Å². The highest BCUT2D eigenvalue weighted by Gasteiger charge is 1.72. The lowest BCUT2D eigenvalue weighted by Gasteiger charge is -1.80. The summed E-state index contributed by atoms with van der Waals surface area (Å²) >= 11 is 0. The first-order valence-corrected chi connectivity index (χ1v) is 2.88. The fourth-order valence-electron chi connectivity index (χ4n) is 0. The summed E-state index contributed by atoms with van der Waals surface area (Å²) in [6, 6.07) is 0. The summed E-state index contributed by atoms with van der Waals surface area (Å²) in [6.07, 6.45) is 0. The number of rotatable bonds is 0. The Bertz CT molecular complexity index is 117. The molecule has 0 fully saturated rings. The predicted molar refractivity (Wildman–Crippen MR) is 40.3 cm³/mol. The lowest BCUT2D eigenvalue weighted by Crippen LogP contribution is -2.11. The van der Waals surface area contributed by atoms with Gasteiger partial charge in [0, 0.05) is 14.0 Å². The topological polar surface area (TPSA) is 61.7 Å². The third-order valence-electron chi connectivity index (χ3n) is 0.552. The molecule has 0 aliphatic heterocycles. The van der Waals surface area contributed by atoms with Crippen molar-refractivity contribution in [3.8, 4) is 0 Å². The van der Waals surface area contributed by atoms with Crippen LogP contribution < -0.4 is 5.32 Å². The number of oxime groups is 1. The molecule has 0 radical (unpaired) electrons. The Morgan fingerprint density at radius 1 is 1.40 bits per heavy atom. The molecule has 0 aliphatic carbocycles. The van der Waals surface area contributed by atoms with Gasteiger partial charge in [-0.05, 0) is 13.8 Å². The van der Waals surface area contributed by atoms with Crippen molar-refractivity contribution in [3.63, 3.8) is 0 Å². The molecule has 0 bridgehead atoms. The largest absolute Gasteiger partial charge is 0.411 e. The number of carbonyl (C=O) groups excluding carboxylic acids is 1. The Labute approximate surface area is 60.9 Å². The van der Waals surface area contributed by atoms with Gasteiger partial charge in [-0.1, -0.05) is 5.16 Å². The van der Waals surface area contributed by atoms with Crippen molar-refractivity contribution in [3.05, 3.63) is 0 Å². The minimum atomic E-state index is 0.00463. The minimum absolute atomic E-state index is 0.00463. The van der Waals surface area contributed by atoms with Crippen LogP contribution in [0.25, 0.3) is 0 Å². The standard InChI is InChI=1S/2C3H7NO/c1-3(5)4-2;1-3(2)4-5/h1-2H3,(H,4,5);5H,1-2H3. The van der Waals surface area contributed by atoms with Crippen LogP contribution in [0.4, 0.5) is 0 Å². The zero-order valence-electron chi connectivity index (χ0n) is 6.80. The summed E-state index contributed by atoms with van der Waals surface area (Å²) in [7, 11) is 1.60. The van der Waals surface area contributed by atoms with Crippen LogP contribution in [-0.2, 0) is 4.79 Å². The SMILES string of the molecule is CC(C)=NO.CNC(C)=O. The van der Waals surface area contributed by atoms with Gasteiger partial charge in [-0.3, -0.25) is 4.79 Å². The van der Waals surface area contributed by atoms with E-state index in [4.69, 9.17) is 5.21 Å². The zero-order chi connectivity index (χ0) is 8.57. The third kappa shape index (κ3) is 28.3. The van der Waals surface area contributed by atoms with Crippen molar-refractivity contribution in [2.75, 3.05) is 7.05 Å². The summed E-state index contributed by atoms with van der Waals surface area (Å²) in [5.41, 5.74) is 0.685. The van der Waals surface area contributed by atoms with Crippen LogP contribution in [-0.4, -0.2) is 23.9 Å². The fourth-order valence-corrected chi connectivity index (χ4v) is 0. The van der Waals surface area contributed by atoms with E-state index in [1.165, 1.54) is 6.92 Å². The van der Waals surface area contributed by atoms with Crippen molar-refractivity contribution >= 4 is 11.6 Å². The summed E-state index contributed by atoms with van der Waals surface area (Å²) < 4.78 is 0. The smallest absolute Gasteiger partial charge is 0.216 e. The number of carbonyl (C=O) groups is 1. The van der Waals surface area contributed by atoms with Gasteiger partial charge in [0.25, 0.3) is 0 Å². The van der Waals surface area contributed by atoms with Crippen molar-refractivity contribution < 1.29 is 10.0 Å². The van der Waals surface area contributed by atoms with Gasteiger partial charge in [-0.2, -0.15) is 0 Å². The van der Waals surface area contributed by atoms with Crippen molar-refractivity contribution in [1.82, 2.24) is 5.32 Å². The first-order valence-electron chi connectivity index (χ1n) is 2.88. The molecule has 0 saturated carbocycles. The Balaban J connectivity index is 0. The molecule has 0 saturated heterocycles. The molecule has 0 aliphatic rings. The molecule has 4 heteroatoms. The van der Waals surface area contributed by atoms with Gasteiger partial charge in [0.15, 0.2) is 0 Å². The van der Waals surface area contributed by atoms with E-state index in [1.54, 1.807) is 20.9 Å². The van der Waals surface area contributed by atoms with E-state index < -0.39 is 0 Å². The van der Waals surface area contributed by atoms with Crippen LogP contribution in [0, 0.1) is 0 Å². The molecule has 0 heterocycles. The molecule has 0 aromatic carbocycles. The molecular formula is C6H14N2O2. The second kappa shape index (κ2) is 7.94. The van der Waals surface area contributed by atoms with Gasteiger partial charge in [0.1, 0.15) is 0 Å². The van der Waals surface area contributed by atoms with Gasteiger partial charge in [0.05, 0.1) is 5.71 Å². The molecule has 4 nitrogen and oxygen atoms in total. The first-order chi connectivity index (χ1) is 4.54. The zero-order valence-corrected chi connectivity index (χ0v) is 6.80. The molecule has 10 heavy (non-hydrogen) atoms. The highest BCUT2D eigenvalue weighted by molar-refractivity contribution is 5.78. The maximum atomic E-state index is 9.70. The summed E-state index contributed by atoms with van der Waals surface area (Å²) in [6.45, 7) is 4.92. The van der Waals surface area contributed by atoms with E-state index in [1.807, 2.05) is 0 Å². The third-order valence-corrected chi connectivity index (χ3v) is 0.552. The first kappa shape index (κ1) is 11.7. The Morgan fingerprint density at radius 2 is 1.60 bits per heavy atom. The minimum Gasteiger partial charge on any atom is -0.411 e. The van der Waals surface area contributed by atoms with E-state index in [2.05, 4.69) is 10.5 Å². The summed E-state index contributed by atoms with van der Waals surface area (Å²) in [5, 5.41) is 12.9. The van der Waals surface area contributed by atoms with Crippen LogP contribution in [0.2, 0.25) is 0 Å². The van der Waals surface area contributed by atoms with E-state index >= 15 is 0 Å².